The molecule has 1 aliphatic rings. The first-order chi connectivity index (χ1) is 12.1. The molecule has 132 valence electrons. The number of carbonyl (C=O) groups is 1. The molecular formula is C18H21ClN4O2. The lowest BCUT2D eigenvalue weighted by Gasteiger charge is -2.31. The minimum Gasteiger partial charge on any atom is -0.481 e. The number of carboxylic acid groups (broad SMARTS) is 1. The lowest BCUT2D eigenvalue weighted by Crippen LogP contribution is -2.36. The summed E-state index contributed by atoms with van der Waals surface area (Å²) in [5.74, 6) is 0.475. The molecule has 0 aliphatic carbocycles. The normalized spacial score (nSPS) is 15.2. The van der Waals surface area contributed by atoms with Crippen LogP contribution < -0.4 is 10.2 Å². The number of nitrogens with one attached hydrogen (secondary N) is 1. The van der Waals surface area contributed by atoms with Gasteiger partial charge in [-0.3, -0.25) is 4.79 Å². The third kappa shape index (κ3) is 4.82. The molecule has 6 nitrogen and oxygen atoms in total. The van der Waals surface area contributed by atoms with E-state index < -0.39 is 5.97 Å². The summed E-state index contributed by atoms with van der Waals surface area (Å²) in [6.45, 7) is 2.12. The highest BCUT2D eigenvalue weighted by atomic mass is 35.5. The van der Waals surface area contributed by atoms with Crippen LogP contribution in [0.2, 0.25) is 5.02 Å². The Balaban J connectivity index is 1.54. The van der Waals surface area contributed by atoms with Crippen LogP contribution in [0, 0.1) is 5.92 Å². The van der Waals surface area contributed by atoms with Crippen molar-refractivity contribution in [2.45, 2.75) is 19.3 Å². The standard InChI is InChI=1S/C18H21ClN4O2/c19-15-3-1-2-13(12-15)4-8-20-18-21-9-5-16(22-18)23-10-6-14(7-11-23)17(24)25/h1-3,5,9,12,14H,4,6-8,10-11H2,(H,24,25)(H,20,21,22). The Hall–Kier alpha value is -2.34. The third-order valence-corrected chi connectivity index (χ3v) is 4.63. The summed E-state index contributed by atoms with van der Waals surface area (Å²) in [7, 11) is 0. The van der Waals surface area contributed by atoms with E-state index in [1.807, 2.05) is 30.3 Å². The van der Waals surface area contributed by atoms with Crippen molar-refractivity contribution in [1.82, 2.24) is 9.97 Å². The molecule has 2 N–H and O–H groups in total. The van der Waals surface area contributed by atoms with E-state index in [0.717, 1.165) is 22.8 Å². The molecule has 0 radical (unpaired) electrons. The number of rotatable bonds is 6. The third-order valence-electron chi connectivity index (χ3n) is 4.39. The number of aliphatic carboxylic acids is 1. The number of halogens is 1. The largest absolute Gasteiger partial charge is 0.481 e. The topological polar surface area (TPSA) is 78.3 Å². The van der Waals surface area contributed by atoms with Crippen molar-refractivity contribution < 1.29 is 9.90 Å². The molecule has 3 rings (SSSR count). The Morgan fingerprint density at radius 1 is 1.32 bits per heavy atom. The second kappa shape index (κ2) is 8.16. The molecule has 2 heterocycles. The molecule has 0 atom stereocenters. The first kappa shape index (κ1) is 17.5. The summed E-state index contributed by atoms with van der Waals surface area (Å²) in [5.41, 5.74) is 1.16. The highest BCUT2D eigenvalue weighted by molar-refractivity contribution is 6.30. The maximum Gasteiger partial charge on any atom is 0.306 e. The summed E-state index contributed by atoms with van der Waals surface area (Å²) >= 11 is 5.99. The van der Waals surface area contributed by atoms with Crippen molar-refractivity contribution in [3.05, 3.63) is 47.1 Å². The lowest BCUT2D eigenvalue weighted by atomic mass is 9.97. The number of benzene rings is 1. The molecule has 0 amide bonds. The maximum absolute atomic E-state index is 11.0. The van der Waals surface area contributed by atoms with Gasteiger partial charge in [0.2, 0.25) is 5.95 Å². The summed E-state index contributed by atoms with van der Waals surface area (Å²) in [6.07, 6.45) is 3.86. The van der Waals surface area contributed by atoms with Crippen LogP contribution in [-0.4, -0.2) is 40.7 Å². The molecule has 0 spiro atoms. The number of hydrogen-bond donors (Lipinski definition) is 2. The van der Waals surface area contributed by atoms with Crippen LogP contribution in [0.4, 0.5) is 11.8 Å². The molecule has 7 heteroatoms. The molecule has 1 aromatic heterocycles. The maximum atomic E-state index is 11.0. The van der Waals surface area contributed by atoms with E-state index in [1.54, 1.807) is 6.20 Å². The van der Waals surface area contributed by atoms with Gasteiger partial charge in [0.25, 0.3) is 0 Å². The van der Waals surface area contributed by atoms with E-state index >= 15 is 0 Å². The van der Waals surface area contributed by atoms with Gasteiger partial charge in [-0.25, -0.2) is 4.98 Å². The molecule has 0 saturated carbocycles. The predicted octanol–water partition coefficient (Wildman–Crippen LogP) is 3.09. The number of anilines is 2. The molecule has 2 aromatic rings. The highest BCUT2D eigenvalue weighted by Crippen LogP contribution is 2.22. The van der Waals surface area contributed by atoms with E-state index in [1.165, 1.54) is 0 Å². The zero-order valence-corrected chi connectivity index (χ0v) is 14.6. The van der Waals surface area contributed by atoms with Gasteiger partial charge in [-0.15, -0.1) is 0 Å². The molecule has 0 bridgehead atoms. The summed E-state index contributed by atoms with van der Waals surface area (Å²) < 4.78 is 0. The van der Waals surface area contributed by atoms with Crippen LogP contribution in [0.5, 0.6) is 0 Å². The molecule has 25 heavy (non-hydrogen) atoms. The zero-order chi connectivity index (χ0) is 17.6. The Labute approximate surface area is 151 Å². The lowest BCUT2D eigenvalue weighted by molar-refractivity contribution is -0.142. The quantitative estimate of drug-likeness (QED) is 0.824. The fourth-order valence-corrected chi connectivity index (χ4v) is 3.19. The SMILES string of the molecule is O=C(O)C1CCN(c2ccnc(NCCc3cccc(Cl)c3)n2)CC1. The second-order valence-corrected chi connectivity index (χ2v) is 6.58. The first-order valence-corrected chi connectivity index (χ1v) is 8.79. The van der Waals surface area contributed by atoms with Crippen LogP contribution in [-0.2, 0) is 11.2 Å². The molecule has 1 aliphatic heterocycles. The van der Waals surface area contributed by atoms with Crippen molar-refractivity contribution >= 4 is 29.3 Å². The smallest absolute Gasteiger partial charge is 0.306 e. The average Bonchev–Trinajstić information content (AvgIpc) is 2.62. The fraction of sp³-hybridized carbons (Fsp3) is 0.389. The van der Waals surface area contributed by atoms with Crippen molar-refractivity contribution in [2.24, 2.45) is 5.92 Å². The van der Waals surface area contributed by atoms with Crippen molar-refractivity contribution in [3.8, 4) is 0 Å². The summed E-state index contributed by atoms with van der Waals surface area (Å²) in [6, 6.07) is 9.65. The monoisotopic (exact) mass is 360 g/mol. The van der Waals surface area contributed by atoms with Gasteiger partial charge in [-0.2, -0.15) is 4.98 Å². The minimum atomic E-state index is -0.703. The Morgan fingerprint density at radius 3 is 2.84 bits per heavy atom. The van der Waals surface area contributed by atoms with Gasteiger partial charge in [0.05, 0.1) is 5.92 Å². The molecular weight excluding hydrogens is 340 g/mol. The number of aromatic nitrogens is 2. The first-order valence-electron chi connectivity index (χ1n) is 8.41. The molecule has 0 unspecified atom stereocenters. The molecule has 1 saturated heterocycles. The van der Waals surface area contributed by atoms with Crippen LogP contribution >= 0.6 is 11.6 Å². The summed E-state index contributed by atoms with van der Waals surface area (Å²) in [4.78, 5) is 22.0. The number of carboxylic acids is 1. The molecule has 1 aromatic carbocycles. The number of nitrogens with zero attached hydrogens (tertiary/aromatic N) is 3. The van der Waals surface area contributed by atoms with Crippen LogP contribution in [0.1, 0.15) is 18.4 Å². The van der Waals surface area contributed by atoms with Crippen LogP contribution in [0.15, 0.2) is 36.5 Å². The zero-order valence-electron chi connectivity index (χ0n) is 13.9. The van der Waals surface area contributed by atoms with E-state index in [4.69, 9.17) is 16.7 Å². The summed E-state index contributed by atoms with van der Waals surface area (Å²) in [5, 5.41) is 13.1. The predicted molar refractivity (Wildman–Crippen MR) is 98.3 cm³/mol. The van der Waals surface area contributed by atoms with Crippen LogP contribution in [0.3, 0.4) is 0 Å². The average molecular weight is 361 g/mol. The Bertz CT molecular complexity index is 733. The van der Waals surface area contributed by atoms with Gasteiger partial charge in [0.15, 0.2) is 0 Å². The van der Waals surface area contributed by atoms with E-state index in [0.29, 0.717) is 38.4 Å². The van der Waals surface area contributed by atoms with Gasteiger partial charge in [-0.05, 0) is 43.0 Å². The number of hydrogen-bond acceptors (Lipinski definition) is 5. The Kier molecular flexibility index (Phi) is 5.71. The van der Waals surface area contributed by atoms with Crippen molar-refractivity contribution in [3.63, 3.8) is 0 Å². The van der Waals surface area contributed by atoms with Gasteiger partial charge in [0, 0.05) is 30.9 Å². The van der Waals surface area contributed by atoms with Crippen molar-refractivity contribution in [2.75, 3.05) is 29.9 Å². The number of piperidine rings is 1. The highest BCUT2D eigenvalue weighted by Gasteiger charge is 2.25. The van der Waals surface area contributed by atoms with Gasteiger partial charge in [-0.1, -0.05) is 23.7 Å². The Morgan fingerprint density at radius 2 is 2.12 bits per heavy atom. The van der Waals surface area contributed by atoms with Gasteiger partial charge >= 0.3 is 5.97 Å². The van der Waals surface area contributed by atoms with Gasteiger partial charge in [0.1, 0.15) is 5.82 Å². The van der Waals surface area contributed by atoms with E-state index in [9.17, 15) is 4.79 Å². The van der Waals surface area contributed by atoms with E-state index in [-0.39, 0.29) is 5.92 Å². The molecule has 1 fully saturated rings. The van der Waals surface area contributed by atoms with Crippen molar-refractivity contribution in [1.29, 1.82) is 0 Å². The fourth-order valence-electron chi connectivity index (χ4n) is 2.98. The van der Waals surface area contributed by atoms with Crippen LogP contribution in [0.25, 0.3) is 0 Å². The van der Waals surface area contributed by atoms with E-state index in [2.05, 4.69) is 20.2 Å². The second-order valence-electron chi connectivity index (χ2n) is 6.14. The minimum absolute atomic E-state index is 0.242. The van der Waals surface area contributed by atoms with Gasteiger partial charge < -0.3 is 15.3 Å².